The number of hydrogen-bond acceptors (Lipinski definition) is 5. The summed E-state index contributed by atoms with van der Waals surface area (Å²) >= 11 is 0. The van der Waals surface area contributed by atoms with Crippen molar-refractivity contribution in [2.75, 3.05) is 13.7 Å². The first-order valence-electron chi connectivity index (χ1n) is 9.28. The fourth-order valence-corrected chi connectivity index (χ4v) is 3.63. The lowest BCUT2D eigenvalue weighted by atomic mass is 10.1. The van der Waals surface area contributed by atoms with Gasteiger partial charge in [0.05, 0.1) is 24.7 Å². The molecule has 0 amide bonds. The third kappa shape index (κ3) is 7.46. The van der Waals surface area contributed by atoms with Crippen LogP contribution in [0.25, 0.3) is 0 Å². The second-order valence-electron chi connectivity index (χ2n) is 6.66. The lowest BCUT2D eigenvalue weighted by Gasteiger charge is -2.09. The van der Waals surface area contributed by atoms with Gasteiger partial charge in [0.2, 0.25) is 0 Å². The molecule has 0 spiro atoms. The van der Waals surface area contributed by atoms with Gasteiger partial charge in [-0.25, -0.2) is 8.42 Å². The molecule has 2 aromatic rings. The van der Waals surface area contributed by atoms with E-state index in [1.165, 1.54) is 11.5 Å². The van der Waals surface area contributed by atoms with Crippen molar-refractivity contribution >= 4 is 9.84 Å². The van der Waals surface area contributed by atoms with Crippen LogP contribution in [0, 0.1) is 6.92 Å². The molecule has 0 aromatic heterocycles. The molecular weight excluding hydrogens is 376 g/mol. The van der Waals surface area contributed by atoms with Gasteiger partial charge < -0.3 is 14.6 Å². The van der Waals surface area contributed by atoms with Crippen LogP contribution in [0.4, 0.5) is 0 Å². The van der Waals surface area contributed by atoms with Crippen LogP contribution in [0.2, 0.25) is 0 Å². The fraction of sp³-hybridized carbons (Fsp3) is 0.364. The summed E-state index contributed by atoms with van der Waals surface area (Å²) < 4.78 is 35.1. The van der Waals surface area contributed by atoms with Crippen LogP contribution in [0.5, 0.6) is 5.75 Å². The largest absolute Gasteiger partial charge is 0.497 e. The fourth-order valence-electron chi connectivity index (χ4n) is 2.60. The predicted octanol–water partition coefficient (Wildman–Crippen LogP) is 4.04. The zero-order valence-electron chi connectivity index (χ0n) is 16.4. The minimum atomic E-state index is -3.46. The second-order valence-corrected chi connectivity index (χ2v) is 8.50. The van der Waals surface area contributed by atoms with E-state index in [2.05, 4.69) is 0 Å². The normalized spacial score (nSPS) is 13.0. The number of benzene rings is 2. The number of aryl methyl sites for hydroxylation is 1. The van der Waals surface area contributed by atoms with Gasteiger partial charge >= 0.3 is 0 Å². The van der Waals surface area contributed by atoms with Crippen molar-refractivity contribution in [1.29, 1.82) is 0 Å². The number of methoxy groups -OCH3 is 1. The number of ether oxygens (including phenoxy) is 2. The van der Waals surface area contributed by atoms with E-state index < -0.39 is 15.9 Å². The maximum atomic E-state index is 12.2. The number of hydrogen-bond donors (Lipinski definition) is 1. The molecule has 1 unspecified atom stereocenters. The Labute approximate surface area is 167 Å². The molecule has 152 valence electrons. The average molecular weight is 405 g/mol. The van der Waals surface area contributed by atoms with E-state index in [0.717, 1.165) is 16.9 Å². The maximum Gasteiger partial charge on any atom is 0.199 e. The molecule has 2 aromatic carbocycles. The zero-order valence-corrected chi connectivity index (χ0v) is 17.2. The van der Waals surface area contributed by atoms with E-state index in [4.69, 9.17) is 9.47 Å². The van der Waals surface area contributed by atoms with Gasteiger partial charge in [0, 0.05) is 12.0 Å². The molecule has 0 fully saturated rings. The molecular formula is C22H28O5S. The molecule has 0 bridgehead atoms. The Morgan fingerprint density at radius 1 is 1.07 bits per heavy atom. The monoisotopic (exact) mass is 404 g/mol. The first-order valence-corrected chi connectivity index (χ1v) is 10.8. The number of rotatable bonds is 11. The smallest absolute Gasteiger partial charge is 0.199 e. The second kappa shape index (κ2) is 11.0. The van der Waals surface area contributed by atoms with Crippen LogP contribution in [0.15, 0.2) is 64.9 Å². The molecule has 5 nitrogen and oxygen atoms in total. The van der Waals surface area contributed by atoms with Crippen molar-refractivity contribution in [2.45, 2.75) is 43.8 Å². The van der Waals surface area contributed by atoms with Gasteiger partial charge in [0.15, 0.2) is 9.84 Å². The standard InChI is InChI=1S/C22H28O5S/c1-18-7-13-22(14-8-18)28(24,25)16-4-6-20(23)5-3-15-27-17-19-9-11-21(26-2)12-10-19/h4,7-14,16,20,23H,3,5-6,15,17H2,1-2H3/b16-4+. The topological polar surface area (TPSA) is 72.8 Å². The molecule has 1 atom stereocenters. The van der Waals surface area contributed by atoms with Crippen molar-refractivity contribution in [3.8, 4) is 5.75 Å². The molecule has 2 rings (SSSR count). The SMILES string of the molecule is COc1ccc(COCCCC(O)C/C=C/S(=O)(=O)c2ccc(C)cc2)cc1. The van der Waals surface area contributed by atoms with Gasteiger partial charge in [-0.15, -0.1) is 0 Å². The Bertz CT molecular complexity index is 840. The summed E-state index contributed by atoms with van der Waals surface area (Å²) in [7, 11) is -1.83. The van der Waals surface area contributed by atoms with Crippen LogP contribution in [-0.2, 0) is 21.2 Å². The average Bonchev–Trinajstić information content (AvgIpc) is 2.68. The van der Waals surface area contributed by atoms with Crippen molar-refractivity contribution in [3.63, 3.8) is 0 Å². The summed E-state index contributed by atoms with van der Waals surface area (Å²) in [5.74, 6) is 0.810. The molecule has 0 aliphatic rings. The Morgan fingerprint density at radius 2 is 1.75 bits per heavy atom. The summed E-state index contributed by atoms with van der Waals surface area (Å²) in [6.45, 7) is 2.95. The first kappa shape index (κ1) is 22.1. The predicted molar refractivity (Wildman–Crippen MR) is 110 cm³/mol. The Kier molecular flexibility index (Phi) is 8.70. The lowest BCUT2D eigenvalue weighted by Crippen LogP contribution is -2.07. The van der Waals surface area contributed by atoms with Crippen molar-refractivity contribution in [3.05, 3.63) is 71.1 Å². The number of aliphatic hydroxyl groups excluding tert-OH is 1. The molecule has 0 aliphatic heterocycles. The highest BCUT2D eigenvalue weighted by molar-refractivity contribution is 7.94. The van der Waals surface area contributed by atoms with Crippen molar-refractivity contribution < 1.29 is 23.0 Å². The van der Waals surface area contributed by atoms with Gasteiger partial charge in [-0.2, -0.15) is 0 Å². The summed E-state index contributed by atoms with van der Waals surface area (Å²) in [6, 6.07) is 14.4. The summed E-state index contributed by atoms with van der Waals surface area (Å²) in [4.78, 5) is 0.260. The van der Waals surface area contributed by atoms with Crippen LogP contribution in [-0.4, -0.2) is 33.3 Å². The molecule has 0 saturated heterocycles. The lowest BCUT2D eigenvalue weighted by molar-refractivity contribution is 0.0979. The highest BCUT2D eigenvalue weighted by Crippen LogP contribution is 2.15. The minimum absolute atomic E-state index is 0.260. The van der Waals surface area contributed by atoms with Crippen molar-refractivity contribution in [2.24, 2.45) is 0 Å². The Hall–Kier alpha value is -2.15. The maximum absolute atomic E-state index is 12.2. The number of sulfone groups is 1. The minimum Gasteiger partial charge on any atom is -0.497 e. The molecule has 28 heavy (non-hydrogen) atoms. The van der Waals surface area contributed by atoms with Gasteiger partial charge in [-0.1, -0.05) is 35.9 Å². The van der Waals surface area contributed by atoms with Gasteiger partial charge in [-0.3, -0.25) is 0 Å². The summed E-state index contributed by atoms with van der Waals surface area (Å²) in [6.07, 6.45) is 2.48. The van der Waals surface area contributed by atoms with Crippen LogP contribution < -0.4 is 4.74 Å². The third-order valence-electron chi connectivity index (χ3n) is 4.29. The molecule has 0 radical (unpaired) electrons. The van der Waals surface area contributed by atoms with E-state index in [1.807, 2.05) is 31.2 Å². The quantitative estimate of drug-likeness (QED) is 0.572. The molecule has 0 aliphatic carbocycles. The van der Waals surface area contributed by atoms with Gasteiger partial charge in [-0.05, 0) is 56.0 Å². The van der Waals surface area contributed by atoms with Gasteiger partial charge in [0.25, 0.3) is 0 Å². The van der Waals surface area contributed by atoms with E-state index in [-0.39, 0.29) is 4.90 Å². The van der Waals surface area contributed by atoms with Gasteiger partial charge in [0.1, 0.15) is 5.75 Å². The van der Waals surface area contributed by atoms with E-state index in [1.54, 1.807) is 31.4 Å². The highest BCUT2D eigenvalue weighted by Gasteiger charge is 2.10. The Balaban J connectivity index is 1.65. The molecule has 0 heterocycles. The zero-order chi connectivity index (χ0) is 20.4. The number of aliphatic hydroxyl groups is 1. The van der Waals surface area contributed by atoms with Crippen molar-refractivity contribution in [1.82, 2.24) is 0 Å². The first-order chi connectivity index (χ1) is 13.4. The molecule has 1 N–H and O–H groups in total. The Morgan fingerprint density at radius 3 is 2.39 bits per heavy atom. The molecule has 6 heteroatoms. The van der Waals surface area contributed by atoms with E-state index >= 15 is 0 Å². The van der Waals surface area contributed by atoms with Crippen LogP contribution >= 0.6 is 0 Å². The van der Waals surface area contributed by atoms with E-state index in [9.17, 15) is 13.5 Å². The van der Waals surface area contributed by atoms with Crippen LogP contribution in [0.3, 0.4) is 0 Å². The third-order valence-corrected chi connectivity index (χ3v) is 5.77. The van der Waals surface area contributed by atoms with E-state index in [0.29, 0.717) is 32.5 Å². The molecule has 0 saturated carbocycles. The summed E-state index contributed by atoms with van der Waals surface area (Å²) in [5.41, 5.74) is 2.07. The van der Waals surface area contributed by atoms with Crippen LogP contribution in [0.1, 0.15) is 30.4 Å². The highest BCUT2D eigenvalue weighted by atomic mass is 32.2. The summed E-state index contributed by atoms with van der Waals surface area (Å²) in [5, 5.41) is 11.2.